The highest BCUT2D eigenvalue weighted by Gasteiger charge is 2.14. The van der Waals surface area contributed by atoms with Crippen molar-refractivity contribution in [2.75, 3.05) is 19.0 Å². The Hall–Kier alpha value is -1.81. The molecule has 0 unspecified atom stereocenters. The fourth-order valence-electron chi connectivity index (χ4n) is 2.43. The van der Waals surface area contributed by atoms with Crippen LogP contribution in [0.3, 0.4) is 0 Å². The number of nitrogens with zero attached hydrogens (tertiary/aromatic N) is 3. The van der Waals surface area contributed by atoms with Gasteiger partial charge in [-0.15, -0.1) is 0 Å². The van der Waals surface area contributed by atoms with E-state index in [0.29, 0.717) is 0 Å². The number of benzene rings is 1. The highest BCUT2D eigenvalue weighted by molar-refractivity contribution is 9.10. The van der Waals surface area contributed by atoms with Crippen LogP contribution in [0.25, 0.3) is 16.9 Å². The monoisotopic (exact) mass is 329 g/mol. The van der Waals surface area contributed by atoms with Gasteiger partial charge in [-0.2, -0.15) is 0 Å². The Morgan fingerprint density at radius 1 is 1.15 bits per heavy atom. The molecule has 0 saturated heterocycles. The molecule has 0 aliphatic heterocycles. The summed E-state index contributed by atoms with van der Waals surface area (Å²) in [5, 5.41) is 0. The van der Waals surface area contributed by atoms with Crippen molar-refractivity contribution in [2.24, 2.45) is 0 Å². The van der Waals surface area contributed by atoms with Crippen molar-refractivity contribution in [2.45, 2.75) is 6.92 Å². The summed E-state index contributed by atoms with van der Waals surface area (Å²) in [5.41, 5.74) is 4.60. The molecule has 0 fully saturated rings. The first kappa shape index (κ1) is 13.2. The fraction of sp³-hybridized carbons (Fsp3) is 0.188. The van der Waals surface area contributed by atoms with Crippen LogP contribution in [0.5, 0.6) is 0 Å². The number of hydrogen-bond donors (Lipinski definition) is 0. The molecule has 2 aromatic heterocycles. The zero-order valence-electron chi connectivity index (χ0n) is 11.8. The number of pyridine rings is 1. The topological polar surface area (TPSA) is 20.5 Å². The van der Waals surface area contributed by atoms with Gasteiger partial charge in [-0.25, -0.2) is 4.98 Å². The van der Waals surface area contributed by atoms with Crippen molar-refractivity contribution >= 4 is 27.1 Å². The lowest BCUT2D eigenvalue weighted by Gasteiger charge is -2.14. The van der Waals surface area contributed by atoms with Crippen LogP contribution >= 0.6 is 15.9 Å². The summed E-state index contributed by atoms with van der Waals surface area (Å²) in [5.74, 6) is 0.958. The minimum absolute atomic E-state index is 0.873. The molecule has 3 rings (SSSR count). The Labute approximate surface area is 127 Å². The van der Waals surface area contributed by atoms with Gasteiger partial charge in [0.05, 0.1) is 5.69 Å². The summed E-state index contributed by atoms with van der Waals surface area (Å²) >= 11 is 3.59. The van der Waals surface area contributed by atoms with Gasteiger partial charge in [-0.1, -0.05) is 23.8 Å². The molecule has 2 heterocycles. The van der Waals surface area contributed by atoms with E-state index >= 15 is 0 Å². The molecule has 3 aromatic rings. The van der Waals surface area contributed by atoms with Crippen molar-refractivity contribution < 1.29 is 0 Å². The molecule has 0 atom stereocenters. The minimum atomic E-state index is 0.873. The standard InChI is InChI=1S/C16H16BrN3/c1-11-6-4-7-12(10-11)16-18-15(17)14-13(19(2)3)8-5-9-20(14)16/h4-10H,1-3H3. The summed E-state index contributed by atoms with van der Waals surface area (Å²) in [6.45, 7) is 2.10. The highest BCUT2D eigenvalue weighted by Crippen LogP contribution is 2.32. The Morgan fingerprint density at radius 3 is 2.65 bits per heavy atom. The molecule has 0 bridgehead atoms. The molecular weight excluding hydrogens is 314 g/mol. The molecule has 0 aliphatic carbocycles. The van der Waals surface area contributed by atoms with Gasteiger partial charge in [0.25, 0.3) is 0 Å². The van der Waals surface area contributed by atoms with Crippen LogP contribution < -0.4 is 4.90 Å². The molecule has 0 N–H and O–H groups in total. The van der Waals surface area contributed by atoms with Crippen LogP contribution in [-0.4, -0.2) is 23.5 Å². The SMILES string of the molecule is Cc1cccc(-c2nc(Br)c3c(N(C)C)cccn23)c1. The maximum Gasteiger partial charge on any atom is 0.145 e. The van der Waals surface area contributed by atoms with E-state index in [-0.39, 0.29) is 0 Å². The lowest BCUT2D eigenvalue weighted by molar-refractivity contribution is 1.10. The van der Waals surface area contributed by atoms with Gasteiger partial charge in [0, 0.05) is 25.9 Å². The molecule has 0 radical (unpaired) electrons. The Bertz CT molecular complexity index is 774. The molecule has 1 aromatic carbocycles. The summed E-state index contributed by atoms with van der Waals surface area (Å²) in [7, 11) is 4.09. The van der Waals surface area contributed by atoms with Gasteiger partial charge in [0.15, 0.2) is 0 Å². The normalized spacial score (nSPS) is 11.0. The van der Waals surface area contributed by atoms with Crippen molar-refractivity contribution in [1.82, 2.24) is 9.38 Å². The molecular formula is C16H16BrN3. The van der Waals surface area contributed by atoms with E-state index in [1.165, 1.54) is 5.56 Å². The van der Waals surface area contributed by atoms with Crippen LogP contribution in [0.15, 0.2) is 47.2 Å². The zero-order chi connectivity index (χ0) is 14.3. The van der Waals surface area contributed by atoms with E-state index in [9.17, 15) is 0 Å². The van der Waals surface area contributed by atoms with Gasteiger partial charge in [-0.05, 0) is 41.1 Å². The number of fused-ring (bicyclic) bond motifs is 1. The maximum absolute atomic E-state index is 4.70. The number of aromatic nitrogens is 2. The average molecular weight is 330 g/mol. The lowest BCUT2D eigenvalue weighted by Crippen LogP contribution is -2.09. The average Bonchev–Trinajstić information content (AvgIpc) is 2.76. The molecule has 0 aliphatic rings. The summed E-state index contributed by atoms with van der Waals surface area (Å²) < 4.78 is 3.01. The third kappa shape index (κ3) is 2.10. The number of aryl methyl sites for hydroxylation is 1. The van der Waals surface area contributed by atoms with Crippen LogP contribution in [-0.2, 0) is 0 Å². The van der Waals surface area contributed by atoms with Crippen LogP contribution in [0.2, 0.25) is 0 Å². The van der Waals surface area contributed by atoms with Crippen LogP contribution in [0, 0.1) is 6.92 Å². The number of rotatable bonds is 2. The smallest absolute Gasteiger partial charge is 0.145 e. The second-order valence-corrected chi connectivity index (χ2v) is 5.85. The van der Waals surface area contributed by atoms with E-state index in [4.69, 9.17) is 4.98 Å². The first-order valence-corrected chi connectivity index (χ1v) is 7.28. The van der Waals surface area contributed by atoms with Crippen molar-refractivity contribution in [3.63, 3.8) is 0 Å². The number of imidazole rings is 1. The van der Waals surface area contributed by atoms with Crippen LogP contribution in [0.4, 0.5) is 5.69 Å². The Morgan fingerprint density at radius 2 is 1.95 bits per heavy atom. The first-order valence-electron chi connectivity index (χ1n) is 6.49. The van der Waals surface area contributed by atoms with Crippen molar-refractivity contribution in [1.29, 1.82) is 0 Å². The summed E-state index contributed by atoms with van der Waals surface area (Å²) in [6, 6.07) is 12.6. The molecule has 102 valence electrons. The van der Waals surface area contributed by atoms with E-state index in [0.717, 1.165) is 27.2 Å². The van der Waals surface area contributed by atoms with Gasteiger partial charge in [0.1, 0.15) is 15.9 Å². The highest BCUT2D eigenvalue weighted by atomic mass is 79.9. The molecule has 3 nitrogen and oxygen atoms in total. The third-order valence-corrected chi connectivity index (χ3v) is 3.91. The maximum atomic E-state index is 4.70. The van der Waals surface area contributed by atoms with Crippen molar-refractivity contribution in [3.8, 4) is 11.4 Å². The fourth-order valence-corrected chi connectivity index (χ4v) is 2.99. The second-order valence-electron chi connectivity index (χ2n) is 5.10. The third-order valence-electron chi connectivity index (χ3n) is 3.36. The number of anilines is 1. The van der Waals surface area contributed by atoms with Crippen LogP contribution in [0.1, 0.15) is 5.56 Å². The quantitative estimate of drug-likeness (QED) is 0.704. The number of hydrogen-bond acceptors (Lipinski definition) is 2. The largest absolute Gasteiger partial charge is 0.376 e. The second kappa shape index (κ2) is 4.94. The molecule has 4 heteroatoms. The number of halogens is 1. The summed E-state index contributed by atoms with van der Waals surface area (Å²) in [4.78, 5) is 6.80. The zero-order valence-corrected chi connectivity index (χ0v) is 13.3. The van der Waals surface area contributed by atoms with Gasteiger partial charge < -0.3 is 4.90 Å². The Balaban J connectivity index is 2.31. The van der Waals surface area contributed by atoms with E-state index in [1.807, 2.05) is 14.1 Å². The molecule has 0 spiro atoms. The lowest BCUT2D eigenvalue weighted by atomic mass is 10.1. The molecule has 0 saturated carbocycles. The first-order chi connectivity index (χ1) is 9.58. The summed E-state index contributed by atoms with van der Waals surface area (Å²) in [6.07, 6.45) is 2.05. The van der Waals surface area contributed by atoms with E-state index in [2.05, 4.69) is 74.7 Å². The minimum Gasteiger partial charge on any atom is -0.376 e. The van der Waals surface area contributed by atoms with Gasteiger partial charge in [0.2, 0.25) is 0 Å². The van der Waals surface area contributed by atoms with E-state index in [1.54, 1.807) is 0 Å². The van der Waals surface area contributed by atoms with Gasteiger partial charge >= 0.3 is 0 Å². The van der Waals surface area contributed by atoms with E-state index < -0.39 is 0 Å². The Kier molecular flexibility index (Phi) is 3.26. The predicted molar refractivity (Wildman–Crippen MR) is 87.4 cm³/mol. The molecule has 0 amide bonds. The predicted octanol–water partition coefficient (Wildman–Crippen LogP) is 4.14. The molecule has 20 heavy (non-hydrogen) atoms. The van der Waals surface area contributed by atoms with Gasteiger partial charge in [-0.3, -0.25) is 4.40 Å². The van der Waals surface area contributed by atoms with Crippen molar-refractivity contribution in [3.05, 3.63) is 52.8 Å².